The van der Waals surface area contributed by atoms with Gasteiger partial charge in [-0.1, -0.05) is 69.4 Å². The van der Waals surface area contributed by atoms with Gasteiger partial charge in [0.2, 0.25) is 0 Å². The SMILES string of the molecule is CCCCCCCCNC(C)c1ccc(OCCOc2ccccc2)cc1. The van der Waals surface area contributed by atoms with Gasteiger partial charge in [0.15, 0.2) is 0 Å². The van der Waals surface area contributed by atoms with Crippen LogP contribution in [0.3, 0.4) is 0 Å². The second-order valence-corrected chi connectivity index (χ2v) is 7.02. The zero-order valence-electron chi connectivity index (χ0n) is 17.0. The van der Waals surface area contributed by atoms with E-state index in [9.17, 15) is 0 Å². The second-order valence-electron chi connectivity index (χ2n) is 7.02. The highest BCUT2D eigenvalue weighted by Gasteiger charge is 2.05. The van der Waals surface area contributed by atoms with Crippen LogP contribution in [0.1, 0.15) is 64.0 Å². The third-order valence-electron chi connectivity index (χ3n) is 4.72. The molecule has 0 aliphatic heterocycles. The molecule has 3 heteroatoms. The fourth-order valence-electron chi connectivity index (χ4n) is 3.03. The lowest BCUT2D eigenvalue weighted by Gasteiger charge is -2.15. The van der Waals surface area contributed by atoms with Gasteiger partial charge in [0.05, 0.1) is 0 Å². The molecule has 0 bridgehead atoms. The first kappa shape index (κ1) is 21.3. The molecule has 0 fully saturated rings. The summed E-state index contributed by atoms with van der Waals surface area (Å²) in [6.07, 6.45) is 8.02. The largest absolute Gasteiger partial charge is 0.490 e. The quantitative estimate of drug-likeness (QED) is 0.405. The van der Waals surface area contributed by atoms with Crippen LogP contribution < -0.4 is 14.8 Å². The lowest BCUT2D eigenvalue weighted by Crippen LogP contribution is -2.19. The molecule has 1 unspecified atom stereocenters. The first-order chi connectivity index (χ1) is 13.3. The fourth-order valence-corrected chi connectivity index (χ4v) is 3.03. The summed E-state index contributed by atoms with van der Waals surface area (Å²) in [5.41, 5.74) is 1.30. The molecule has 0 amide bonds. The first-order valence-electron chi connectivity index (χ1n) is 10.4. The van der Waals surface area contributed by atoms with Gasteiger partial charge in [-0.3, -0.25) is 0 Å². The van der Waals surface area contributed by atoms with E-state index in [4.69, 9.17) is 9.47 Å². The number of hydrogen-bond acceptors (Lipinski definition) is 3. The summed E-state index contributed by atoms with van der Waals surface area (Å²) in [6.45, 7) is 6.66. The predicted octanol–water partition coefficient (Wildman–Crippen LogP) is 6.16. The molecule has 0 spiro atoms. The van der Waals surface area contributed by atoms with E-state index in [1.807, 2.05) is 42.5 Å². The van der Waals surface area contributed by atoms with E-state index < -0.39 is 0 Å². The molecule has 148 valence electrons. The van der Waals surface area contributed by atoms with E-state index in [0.29, 0.717) is 19.3 Å². The van der Waals surface area contributed by atoms with Gasteiger partial charge in [0.1, 0.15) is 24.7 Å². The van der Waals surface area contributed by atoms with E-state index in [-0.39, 0.29) is 0 Å². The monoisotopic (exact) mass is 369 g/mol. The Morgan fingerprint density at radius 2 is 1.33 bits per heavy atom. The molecule has 0 aliphatic rings. The van der Waals surface area contributed by atoms with Gasteiger partial charge in [-0.25, -0.2) is 0 Å². The Balaban J connectivity index is 1.59. The summed E-state index contributed by atoms with van der Waals surface area (Å²) in [5, 5.41) is 3.62. The molecule has 0 aliphatic carbocycles. The summed E-state index contributed by atoms with van der Waals surface area (Å²) in [4.78, 5) is 0. The average Bonchev–Trinajstić information content (AvgIpc) is 2.71. The van der Waals surface area contributed by atoms with Crippen molar-refractivity contribution in [1.29, 1.82) is 0 Å². The maximum Gasteiger partial charge on any atom is 0.122 e. The van der Waals surface area contributed by atoms with Crippen LogP contribution >= 0.6 is 0 Å². The van der Waals surface area contributed by atoms with E-state index in [1.165, 1.54) is 44.1 Å². The number of benzene rings is 2. The Kier molecular flexibility index (Phi) is 10.4. The summed E-state index contributed by atoms with van der Waals surface area (Å²) < 4.78 is 11.4. The molecular formula is C24H35NO2. The van der Waals surface area contributed by atoms with Crippen molar-refractivity contribution in [3.63, 3.8) is 0 Å². The summed E-state index contributed by atoms with van der Waals surface area (Å²) in [5.74, 6) is 1.76. The second kappa shape index (κ2) is 13.2. The minimum atomic E-state index is 0.371. The van der Waals surface area contributed by atoms with Crippen molar-refractivity contribution in [3.05, 3.63) is 60.2 Å². The Morgan fingerprint density at radius 3 is 2.00 bits per heavy atom. The van der Waals surface area contributed by atoms with Crippen LogP contribution in [-0.4, -0.2) is 19.8 Å². The fraction of sp³-hybridized carbons (Fsp3) is 0.500. The van der Waals surface area contributed by atoms with Gasteiger partial charge < -0.3 is 14.8 Å². The number of hydrogen-bond donors (Lipinski definition) is 1. The van der Waals surface area contributed by atoms with E-state index in [2.05, 4.69) is 31.3 Å². The van der Waals surface area contributed by atoms with Crippen LogP contribution in [0.5, 0.6) is 11.5 Å². The van der Waals surface area contributed by atoms with Crippen molar-refractivity contribution in [1.82, 2.24) is 5.32 Å². The highest BCUT2D eigenvalue weighted by molar-refractivity contribution is 5.29. The average molecular weight is 370 g/mol. The van der Waals surface area contributed by atoms with E-state index in [1.54, 1.807) is 0 Å². The molecule has 0 saturated heterocycles. The van der Waals surface area contributed by atoms with Crippen molar-refractivity contribution >= 4 is 0 Å². The maximum absolute atomic E-state index is 5.76. The predicted molar refractivity (Wildman–Crippen MR) is 114 cm³/mol. The molecule has 0 saturated carbocycles. The van der Waals surface area contributed by atoms with Crippen LogP contribution in [-0.2, 0) is 0 Å². The van der Waals surface area contributed by atoms with Gasteiger partial charge in [-0.05, 0) is 49.7 Å². The van der Waals surface area contributed by atoms with Crippen LogP contribution in [0, 0.1) is 0 Å². The standard InChI is InChI=1S/C24H35NO2/c1-3-4-5-6-7-11-18-25-21(2)22-14-16-24(17-15-22)27-20-19-26-23-12-9-8-10-13-23/h8-10,12-17,21,25H,3-7,11,18-20H2,1-2H3. The first-order valence-corrected chi connectivity index (χ1v) is 10.4. The molecule has 0 aromatic heterocycles. The van der Waals surface area contributed by atoms with Crippen molar-refractivity contribution in [2.45, 2.75) is 58.4 Å². The highest BCUT2D eigenvalue weighted by atomic mass is 16.5. The van der Waals surface area contributed by atoms with Crippen LogP contribution in [0.4, 0.5) is 0 Å². The minimum Gasteiger partial charge on any atom is -0.490 e. The molecule has 2 aromatic carbocycles. The molecule has 1 atom stereocenters. The van der Waals surface area contributed by atoms with Gasteiger partial charge in [0.25, 0.3) is 0 Å². The molecular weight excluding hydrogens is 334 g/mol. The van der Waals surface area contributed by atoms with Crippen molar-refractivity contribution in [2.24, 2.45) is 0 Å². The zero-order chi connectivity index (χ0) is 19.2. The number of unbranched alkanes of at least 4 members (excludes halogenated alkanes) is 5. The van der Waals surface area contributed by atoms with Gasteiger partial charge in [-0.2, -0.15) is 0 Å². The van der Waals surface area contributed by atoms with Gasteiger partial charge in [-0.15, -0.1) is 0 Å². The summed E-state index contributed by atoms with van der Waals surface area (Å²) in [7, 11) is 0. The minimum absolute atomic E-state index is 0.371. The molecule has 3 nitrogen and oxygen atoms in total. The van der Waals surface area contributed by atoms with E-state index in [0.717, 1.165) is 18.0 Å². The molecule has 1 N–H and O–H groups in total. The number of nitrogens with one attached hydrogen (secondary N) is 1. The van der Waals surface area contributed by atoms with Crippen LogP contribution in [0.25, 0.3) is 0 Å². The van der Waals surface area contributed by atoms with E-state index >= 15 is 0 Å². The van der Waals surface area contributed by atoms with Gasteiger partial charge >= 0.3 is 0 Å². The number of rotatable bonds is 14. The number of ether oxygens (including phenoxy) is 2. The molecule has 27 heavy (non-hydrogen) atoms. The smallest absolute Gasteiger partial charge is 0.122 e. The van der Waals surface area contributed by atoms with Gasteiger partial charge in [0, 0.05) is 6.04 Å². The molecule has 2 aromatic rings. The normalized spacial score (nSPS) is 11.9. The summed E-state index contributed by atoms with van der Waals surface area (Å²) in [6, 6.07) is 18.6. The van der Waals surface area contributed by atoms with Crippen molar-refractivity contribution < 1.29 is 9.47 Å². The lowest BCUT2D eigenvalue weighted by atomic mass is 10.1. The third-order valence-corrected chi connectivity index (χ3v) is 4.72. The van der Waals surface area contributed by atoms with Crippen LogP contribution in [0.2, 0.25) is 0 Å². The third kappa shape index (κ3) is 8.96. The Morgan fingerprint density at radius 1 is 0.741 bits per heavy atom. The molecule has 2 rings (SSSR count). The maximum atomic E-state index is 5.76. The topological polar surface area (TPSA) is 30.5 Å². The van der Waals surface area contributed by atoms with Crippen molar-refractivity contribution in [2.75, 3.05) is 19.8 Å². The van der Waals surface area contributed by atoms with Crippen molar-refractivity contribution in [3.8, 4) is 11.5 Å². The Labute approximate surface area is 165 Å². The molecule has 0 radical (unpaired) electrons. The summed E-state index contributed by atoms with van der Waals surface area (Å²) >= 11 is 0. The zero-order valence-corrected chi connectivity index (χ0v) is 17.0. The van der Waals surface area contributed by atoms with Crippen LogP contribution in [0.15, 0.2) is 54.6 Å². The Hall–Kier alpha value is -2.00. The highest BCUT2D eigenvalue weighted by Crippen LogP contribution is 2.18. The Bertz CT molecular complexity index is 598. The lowest BCUT2D eigenvalue weighted by molar-refractivity contribution is 0.217. The molecule has 0 heterocycles. The number of para-hydroxylation sites is 1.